The molecule has 21 heavy (non-hydrogen) atoms. The Labute approximate surface area is 133 Å². The van der Waals surface area contributed by atoms with Crippen LogP contribution in [0.3, 0.4) is 0 Å². The maximum absolute atomic E-state index is 6.29. The maximum Gasteiger partial charge on any atom is 0.183 e. The molecule has 1 aromatic heterocycles. The Hall–Kier alpha value is -1.33. The number of tetrazole rings is 1. The van der Waals surface area contributed by atoms with E-state index in [1.165, 1.54) is 19.3 Å². The van der Waals surface area contributed by atoms with E-state index in [2.05, 4.69) is 22.4 Å². The average Bonchev–Trinajstić information content (AvgIpc) is 2.86. The van der Waals surface area contributed by atoms with Crippen LogP contribution in [0.1, 0.15) is 32.6 Å². The summed E-state index contributed by atoms with van der Waals surface area (Å²) in [5.74, 6) is 0.619. The van der Waals surface area contributed by atoms with Gasteiger partial charge in [-0.3, -0.25) is 0 Å². The molecule has 0 saturated heterocycles. The molecule has 0 aliphatic heterocycles. The van der Waals surface area contributed by atoms with E-state index in [1.54, 1.807) is 12.1 Å². The van der Waals surface area contributed by atoms with E-state index >= 15 is 0 Å². The second-order valence-corrected chi connectivity index (χ2v) is 6.52. The smallest absolute Gasteiger partial charge is 0.183 e. The highest BCUT2D eigenvalue weighted by atomic mass is 35.5. The summed E-state index contributed by atoms with van der Waals surface area (Å²) in [5.41, 5.74) is 7.38. The van der Waals surface area contributed by atoms with Crippen LogP contribution in [-0.4, -0.2) is 20.2 Å². The van der Waals surface area contributed by atoms with Gasteiger partial charge in [0.2, 0.25) is 0 Å². The van der Waals surface area contributed by atoms with E-state index in [0.717, 1.165) is 13.0 Å². The summed E-state index contributed by atoms with van der Waals surface area (Å²) < 4.78 is 1.82. The first-order valence-corrected chi connectivity index (χ1v) is 7.81. The molecule has 0 spiro atoms. The first-order chi connectivity index (χ1) is 10.0. The van der Waals surface area contributed by atoms with E-state index in [9.17, 15) is 0 Å². The van der Waals surface area contributed by atoms with Gasteiger partial charge in [-0.1, -0.05) is 36.5 Å². The first kappa shape index (κ1) is 14.6. The molecule has 1 heterocycles. The van der Waals surface area contributed by atoms with Gasteiger partial charge in [0.15, 0.2) is 5.82 Å². The van der Waals surface area contributed by atoms with Gasteiger partial charge in [-0.15, -0.1) is 5.10 Å². The molecule has 1 saturated carbocycles. The van der Waals surface area contributed by atoms with Crippen LogP contribution < -0.4 is 5.73 Å². The van der Waals surface area contributed by atoms with Crippen LogP contribution in [0.15, 0.2) is 12.1 Å². The van der Waals surface area contributed by atoms with Crippen molar-refractivity contribution in [3.8, 4) is 11.4 Å². The van der Waals surface area contributed by atoms with Gasteiger partial charge < -0.3 is 5.73 Å². The minimum absolute atomic E-state index is 0.306. The number of nitrogens with two attached hydrogens (primary N) is 1. The Bertz CT molecular complexity index is 658. The highest BCUT2D eigenvalue weighted by molar-refractivity contribution is 6.43. The van der Waals surface area contributed by atoms with Crippen molar-refractivity contribution in [1.82, 2.24) is 20.2 Å². The van der Waals surface area contributed by atoms with Crippen LogP contribution in [0, 0.1) is 5.41 Å². The SMILES string of the molecule is CCC1(Cn2nnnc2-c2cc(N)cc(Cl)c2Cl)CCC1. The second kappa shape index (κ2) is 5.46. The summed E-state index contributed by atoms with van der Waals surface area (Å²) in [5, 5.41) is 12.9. The fraction of sp³-hybridized carbons (Fsp3) is 0.500. The number of halogens is 2. The van der Waals surface area contributed by atoms with Gasteiger partial charge in [0, 0.05) is 11.3 Å². The molecule has 1 aliphatic carbocycles. The van der Waals surface area contributed by atoms with E-state index in [0.29, 0.717) is 32.5 Å². The van der Waals surface area contributed by atoms with E-state index < -0.39 is 0 Å². The number of rotatable bonds is 4. The van der Waals surface area contributed by atoms with E-state index in [-0.39, 0.29) is 0 Å². The number of hydrogen-bond donors (Lipinski definition) is 1. The number of nitrogens with zero attached hydrogens (tertiary/aromatic N) is 4. The average molecular weight is 326 g/mol. The van der Waals surface area contributed by atoms with Crippen molar-refractivity contribution in [2.24, 2.45) is 5.41 Å². The maximum atomic E-state index is 6.29. The number of anilines is 1. The number of nitrogen functional groups attached to an aromatic ring is 1. The van der Waals surface area contributed by atoms with Gasteiger partial charge in [-0.25, -0.2) is 4.68 Å². The van der Waals surface area contributed by atoms with Crippen LogP contribution in [-0.2, 0) is 6.54 Å². The molecule has 1 fully saturated rings. The molecule has 0 radical (unpaired) electrons. The topological polar surface area (TPSA) is 69.6 Å². The number of benzene rings is 1. The molecule has 3 rings (SSSR count). The van der Waals surface area contributed by atoms with Crippen molar-refractivity contribution < 1.29 is 0 Å². The van der Waals surface area contributed by atoms with Crippen molar-refractivity contribution in [3.05, 3.63) is 22.2 Å². The van der Waals surface area contributed by atoms with Gasteiger partial charge in [0.05, 0.1) is 16.6 Å². The van der Waals surface area contributed by atoms with Gasteiger partial charge in [0.1, 0.15) is 0 Å². The molecule has 0 atom stereocenters. The highest BCUT2D eigenvalue weighted by Gasteiger charge is 2.36. The molecular formula is C14H17Cl2N5. The first-order valence-electron chi connectivity index (χ1n) is 7.06. The predicted molar refractivity (Wildman–Crippen MR) is 84.3 cm³/mol. The lowest BCUT2D eigenvalue weighted by atomic mass is 9.67. The normalized spacial score (nSPS) is 16.7. The fourth-order valence-electron chi connectivity index (χ4n) is 2.89. The summed E-state index contributed by atoms with van der Waals surface area (Å²) in [4.78, 5) is 0. The summed E-state index contributed by atoms with van der Waals surface area (Å²) >= 11 is 12.4. The minimum Gasteiger partial charge on any atom is -0.399 e. The molecule has 0 amide bonds. The van der Waals surface area contributed by atoms with Crippen molar-refractivity contribution in [2.75, 3.05) is 5.73 Å². The van der Waals surface area contributed by atoms with Crippen LogP contribution >= 0.6 is 23.2 Å². The molecule has 2 N–H and O–H groups in total. The lowest BCUT2D eigenvalue weighted by molar-refractivity contribution is 0.0948. The highest BCUT2D eigenvalue weighted by Crippen LogP contribution is 2.45. The third kappa shape index (κ3) is 2.60. The number of aromatic nitrogens is 4. The molecule has 7 heteroatoms. The Morgan fingerprint density at radius 1 is 1.33 bits per heavy atom. The van der Waals surface area contributed by atoms with Crippen molar-refractivity contribution in [1.29, 1.82) is 0 Å². The fourth-order valence-corrected chi connectivity index (χ4v) is 3.32. The largest absolute Gasteiger partial charge is 0.399 e. The standard InChI is InChI=1S/C14H17Cl2N5/c1-2-14(4-3-5-14)8-21-13(18-19-20-21)10-6-9(17)7-11(15)12(10)16/h6-7H,2-5,8,17H2,1H3. The van der Waals surface area contributed by atoms with Crippen molar-refractivity contribution >= 4 is 28.9 Å². The van der Waals surface area contributed by atoms with Gasteiger partial charge >= 0.3 is 0 Å². The predicted octanol–water partition coefficient (Wildman–Crippen LogP) is 3.81. The third-order valence-electron chi connectivity index (χ3n) is 4.47. The summed E-state index contributed by atoms with van der Waals surface area (Å²) in [6, 6.07) is 3.39. The Morgan fingerprint density at radius 2 is 2.10 bits per heavy atom. The molecule has 2 aromatic rings. The number of hydrogen-bond acceptors (Lipinski definition) is 4. The molecule has 1 aliphatic rings. The molecule has 0 bridgehead atoms. The quantitative estimate of drug-likeness (QED) is 0.868. The summed E-state index contributed by atoms with van der Waals surface area (Å²) in [6.07, 6.45) is 4.83. The molecular weight excluding hydrogens is 309 g/mol. The van der Waals surface area contributed by atoms with Gasteiger partial charge in [0.25, 0.3) is 0 Å². The summed E-state index contributed by atoms with van der Waals surface area (Å²) in [6.45, 7) is 3.02. The minimum atomic E-state index is 0.306. The third-order valence-corrected chi connectivity index (χ3v) is 5.27. The second-order valence-electron chi connectivity index (χ2n) is 5.73. The lowest BCUT2D eigenvalue weighted by Crippen LogP contribution is -2.34. The van der Waals surface area contributed by atoms with Crippen LogP contribution in [0.2, 0.25) is 10.0 Å². The van der Waals surface area contributed by atoms with Crippen molar-refractivity contribution in [2.45, 2.75) is 39.2 Å². The Morgan fingerprint density at radius 3 is 2.71 bits per heavy atom. The van der Waals surface area contributed by atoms with Crippen molar-refractivity contribution in [3.63, 3.8) is 0 Å². The van der Waals surface area contributed by atoms with Crippen LogP contribution in [0.5, 0.6) is 0 Å². The molecule has 0 unspecified atom stereocenters. The summed E-state index contributed by atoms with van der Waals surface area (Å²) in [7, 11) is 0. The van der Waals surface area contributed by atoms with Crippen LogP contribution in [0.4, 0.5) is 5.69 Å². The molecule has 5 nitrogen and oxygen atoms in total. The zero-order chi connectivity index (χ0) is 15.0. The van der Waals surface area contributed by atoms with Crippen LogP contribution in [0.25, 0.3) is 11.4 Å². The lowest BCUT2D eigenvalue weighted by Gasteiger charge is -2.41. The van der Waals surface area contributed by atoms with Gasteiger partial charge in [-0.2, -0.15) is 0 Å². The molecule has 1 aromatic carbocycles. The zero-order valence-corrected chi connectivity index (χ0v) is 13.3. The zero-order valence-electron chi connectivity index (χ0n) is 11.8. The Balaban J connectivity index is 1.99. The monoisotopic (exact) mass is 325 g/mol. The molecule has 112 valence electrons. The Kier molecular flexibility index (Phi) is 3.80. The van der Waals surface area contributed by atoms with E-state index in [1.807, 2.05) is 4.68 Å². The van der Waals surface area contributed by atoms with E-state index in [4.69, 9.17) is 28.9 Å². The van der Waals surface area contributed by atoms with Gasteiger partial charge in [-0.05, 0) is 47.2 Å².